The molecule has 0 saturated carbocycles. The van der Waals surface area contributed by atoms with Gasteiger partial charge >= 0.3 is 0 Å². The van der Waals surface area contributed by atoms with Crippen LogP contribution in [0.25, 0.3) is 6.08 Å². The minimum Gasteiger partial charge on any atom is -0.490 e. The molecular weight excluding hydrogens is 362 g/mol. The van der Waals surface area contributed by atoms with Crippen LogP contribution in [0.4, 0.5) is 4.79 Å². The quantitative estimate of drug-likeness (QED) is 0.398. The molecule has 0 bridgehead atoms. The SMILES string of the molecule is CCCCCN1C(=O)S/C(=C\c2ccc(OCC(C)C)c(OCC)c2)C1=O. The van der Waals surface area contributed by atoms with Gasteiger partial charge in [-0.1, -0.05) is 39.7 Å². The summed E-state index contributed by atoms with van der Waals surface area (Å²) in [5.74, 6) is 1.54. The van der Waals surface area contributed by atoms with Crippen LogP contribution in [-0.4, -0.2) is 35.8 Å². The molecule has 0 aromatic heterocycles. The maximum Gasteiger partial charge on any atom is 0.293 e. The Labute approximate surface area is 166 Å². The average molecular weight is 392 g/mol. The van der Waals surface area contributed by atoms with Gasteiger partial charge in [0.25, 0.3) is 11.1 Å². The molecule has 0 radical (unpaired) electrons. The van der Waals surface area contributed by atoms with E-state index in [0.717, 1.165) is 36.6 Å². The second-order valence-corrected chi connectivity index (χ2v) is 7.88. The highest BCUT2D eigenvalue weighted by Crippen LogP contribution is 2.35. The zero-order chi connectivity index (χ0) is 19.8. The van der Waals surface area contributed by atoms with Gasteiger partial charge in [0.1, 0.15) is 0 Å². The van der Waals surface area contributed by atoms with E-state index in [2.05, 4.69) is 20.8 Å². The van der Waals surface area contributed by atoms with Crippen LogP contribution in [0, 0.1) is 5.92 Å². The van der Waals surface area contributed by atoms with Crippen molar-refractivity contribution in [3.8, 4) is 11.5 Å². The Balaban J connectivity index is 2.16. The summed E-state index contributed by atoms with van der Waals surface area (Å²) >= 11 is 0.999. The predicted octanol–water partition coefficient (Wildman–Crippen LogP) is 5.35. The lowest BCUT2D eigenvalue weighted by Crippen LogP contribution is -2.29. The largest absolute Gasteiger partial charge is 0.490 e. The number of hydrogen-bond donors (Lipinski definition) is 0. The Hall–Kier alpha value is -1.95. The Morgan fingerprint density at radius 1 is 1.11 bits per heavy atom. The first-order chi connectivity index (χ1) is 13.0. The first-order valence-electron chi connectivity index (χ1n) is 9.61. The topological polar surface area (TPSA) is 55.8 Å². The molecule has 1 aliphatic heterocycles. The van der Waals surface area contributed by atoms with E-state index in [1.165, 1.54) is 4.90 Å². The van der Waals surface area contributed by atoms with Crippen LogP contribution in [-0.2, 0) is 4.79 Å². The maximum absolute atomic E-state index is 12.5. The molecule has 1 aliphatic rings. The van der Waals surface area contributed by atoms with Crippen molar-refractivity contribution in [1.29, 1.82) is 0 Å². The predicted molar refractivity (Wildman–Crippen MR) is 110 cm³/mol. The fourth-order valence-electron chi connectivity index (χ4n) is 2.62. The molecule has 6 heteroatoms. The molecule has 1 fully saturated rings. The Bertz CT molecular complexity index is 699. The van der Waals surface area contributed by atoms with Gasteiger partial charge in [-0.05, 0) is 54.8 Å². The summed E-state index contributed by atoms with van der Waals surface area (Å²) in [6.45, 7) is 9.81. The van der Waals surface area contributed by atoms with Crippen molar-refractivity contribution >= 4 is 29.0 Å². The highest BCUT2D eigenvalue weighted by atomic mass is 32.2. The lowest BCUT2D eigenvalue weighted by atomic mass is 10.1. The lowest BCUT2D eigenvalue weighted by Gasteiger charge is -2.14. The highest BCUT2D eigenvalue weighted by Gasteiger charge is 2.34. The van der Waals surface area contributed by atoms with Gasteiger partial charge in [0.2, 0.25) is 0 Å². The van der Waals surface area contributed by atoms with Gasteiger partial charge in [-0.3, -0.25) is 14.5 Å². The molecule has 2 rings (SSSR count). The Morgan fingerprint density at radius 3 is 2.56 bits per heavy atom. The van der Waals surface area contributed by atoms with Crippen molar-refractivity contribution in [3.05, 3.63) is 28.7 Å². The lowest BCUT2D eigenvalue weighted by molar-refractivity contribution is -0.122. The normalized spacial score (nSPS) is 15.9. The number of amides is 2. The van der Waals surface area contributed by atoms with E-state index in [1.54, 1.807) is 6.08 Å². The van der Waals surface area contributed by atoms with E-state index in [9.17, 15) is 9.59 Å². The molecule has 1 aromatic rings. The number of carbonyl (C=O) groups excluding carboxylic acids is 2. The van der Waals surface area contributed by atoms with Crippen LogP contribution in [0.5, 0.6) is 11.5 Å². The number of benzene rings is 1. The van der Waals surface area contributed by atoms with Gasteiger partial charge in [0.05, 0.1) is 18.1 Å². The summed E-state index contributed by atoms with van der Waals surface area (Å²) in [4.78, 5) is 26.5. The molecule has 27 heavy (non-hydrogen) atoms. The van der Waals surface area contributed by atoms with Crippen LogP contribution < -0.4 is 9.47 Å². The standard InChI is InChI=1S/C21H29NO4S/c1-5-7-8-11-22-20(23)19(27-21(22)24)13-16-9-10-17(26-14-15(3)4)18(12-16)25-6-2/h9-10,12-13,15H,5-8,11,14H2,1-4H3/b19-13-. The number of unbranched alkanes of at least 4 members (excludes halogenated alkanes) is 2. The number of rotatable bonds is 10. The van der Waals surface area contributed by atoms with Crippen molar-refractivity contribution < 1.29 is 19.1 Å². The number of imide groups is 1. The minimum atomic E-state index is -0.209. The zero-order valence-electron chi connectivity index (χ0n) is 16.6. The third-order valence-corrected chi connectivity index (χ3v) is 4.90. The first-order valence-corrected chi connectivity index (χ1v) is 10.4. The van der Waals surface area contributed by atoms with Crippen molar-refractivity contribution in [2.24, 2.45) is 5.92 Å². The molecule has 1 heterocycles. The second-order valence-electron chi connectivity index (χ2n) is 6.88. The summed E-state index contributed by atoms with van der Waals surface area (Å²) in [7, 11) is 0. The summed E-state index contributed by atoms with van der Waals surface area (Å²) < 4.78 is 11.5. The first kappa shape index (κ1) is 21.4. The molecule has 148 valence electrons. The summed E-state index contributed by atoms with van der Waals surface area (Å²) in [6, 6.07) is 5.58. The third-order valence-electron chi connectivity index (χ3n) is 4.00. The van der Waals surface area contributed by atoms with E-state index < -0.39 is 0 Å². The number of thioether (sulfide) groups is 1. The molecular formula is C21H29NO4S. The van der Waals surface area contributed by atoms with Crippen LogP contribution in [0.2, 0.25) is 0 Å². The zero-order valence-corrected chi connectivity index (χ0v) is 17.4. The number of ether oxygens (including phenoxy) is 2. The van der Waals surface area contributed by atoms with E-state index in [1.807, 2.05) is 25.1 Å². The molecule has 0 atom stereocenters. The molecule has 5 nitrogen and oxygen atoms in total. The molecule has 1 saturated heterocycles. The van der Waals surface area contributed by atoms with Gasteiger partial charge in [0.15, 0.2) is 11.5 Å². The minimum absolute atomic E-state index is 0.190. The van der Waals surface area contributed by atoms with Gasteiger partial charge in [0, 0.05) is 6.54 Å². The number of nitrogens with zero attached hydrogens (tertiary/aromatic N) is 1. The van der Waals surface area contributed by atoms with E-state index in [4.69, 9.17) is 9.47 Å². The van der Waals surface area contributed by atoms with Crippen LogP contribution in [0.15, 0.2) is 23.1 Å². The fraction of sp³-hybridized carbons (Fsp3) is 0.524. The van der Waals surface area contributed by atoms with Crippen molar-refractivity contribution in [2.75, 3.05) is 19.8 Å². The van der Waals surface area contributed by atoms with Crippen LogP contribution in [0.1, 0.15) is 52.5 Å². The second kappa shape index (κ2) is 10.4. The molecule has 0 N–H and O–H groups in total. The summed E-state index contributed by atoms with van der Waals surface area (Å²) in [5.41, 5.74) is 0.814. The summed E-state index contributed by atoms with van der Waals surface area (Å²) in [6.07, 6.45) is 4.66. The van der Waals surface area contributed by atoms with Crippen molar-refractivity contribution in [3.63, 3.8) is 0 Å². The number of hydrogen-bond acceptors (Lipinski definition) is 5. The van der Waals surface area contributed by atoms with Crippen LogP contribution >= 0.6 is 11.8 Å². The van der Waals surface area contributed by atoms with Crippen molar-refractivity contribution in [2.45, 2.75) is 47.0 Å². The van der Waals surface area contributed by atoms with Crippen LogP contribution in [0.3, 0.4) is 0 Å². The van der Waals surface area contributed by atoms with E-state index in [0.29, 0.717) is 42.1 Å². The smallest absolute Gasteiger partial charge is 0.293 e. The molecule has 2 amide bonds. The molecule has 0 aliphatic carbocycles. The highest BCUT2D eigenvalue weighted by molar-refractivity contribution is 8.18. The molecule has 1 aromatic carbocycles. The van der Waals surface area contributed by atoms with Gasteiger partial charge in [-0.25, -0.2) is 0 Å². The maximum atomic E-state index is 12.5. The molecule has 0 spiro atoms. The van der Waals surface area contributed by atoms with E-state index >= 15 is 0 Å². The van der Waals surface area contributed by atoms with E-state index in [-0.39, 0.29) is 11.1 Å². The van der Waals surface area contributed by atoms with Gasteiger partial charge in [-0.15, -0.1) is 0 Å². The monoisotopic (exact) mass is 391 g/mol. The Morgan fingerprint density at radius 2 is 1.89 bits per heavy atom. The Kier molecular flexibility index (Phi) is 8.23. The summed E-state index contributed by atoms with van der Waals surface area (Å²) in [5, 5.41) is -0.190. The average Bonchev–Trinajstić information content (AvgIpc) is 2.88. The van der Waals surface area contributed by atoms with Crippen molar-refractivity contribution in [1.82, 2.24) is 4.90 Å². The number of carbonyl (C=O) groups is 2. The fourth-order valence-corrected chi connectivity index (χ4v) is 3.49. The third kappa shape index (κ3) is 6.03. The van der Waals surface area contributed by atoms with Gasteiger partial charge in [-0.2, -0.15) is 0 Å². The molecule has 0 unspecified atom stereocenters. The van der Waals surface area contributed by atoms with Gasteiger partial charge < -0.3 is 9.47 Å².